The summed E-state index contributed by atoms with van der Waals surface area (Å²) in [6.45, 7) is -3.74. The second-order valence-electron chi connectivity index (χ2n) is 5.23. The number of methoxy groups -OCH3 is 1. The highest BCUT2D eigenvalue weighted by Crippen LogP contribution is 2.33. The summed E-state index contributed by atoms with van der Waals surface area (Å²) in [4.78, 5) is 23.4. The van der Waals surface area contributed by atoms with Gasteiger partial charge in [-0.25, -0.2) is 9.18 Å². The third-order valence-electron chi connectivity index (χ3n) is 3.33. The van der Waals surface area contributed by atoms with E-state index in [4.69, 9.17) is 9.47 Å². The minimum Gasteiger partial charge on any atom is -0.493 e. The summed E-state index contributed by atoms with van der Waals surface area (Å²) in [5.41, 5.74) is 0.0941. The summed E-state index contributed by atoms with van der Waals surface area (Å²) in [5, 5.41) is 2.25. The van der Waals surface area contributed by atoms with Crippen molar-refractivity contribution >= 4 is 23.6 Å². The summed E-state index contributed by atoms with van der Waals surface area (Å²) >= 11 is 0. The third kappa shape index (κ3) is 6.04. The summed E-state index contributed by atoms with van der Waals surface area (Å²) in [6, 6.07) is 9.86. The van der Waals surface area contributed by atoms with Crippen molar-refractivity contribution in [3.8, 4) is 11.5 Å². The molecule has 0 atom stereocenters. The number of hydrogen-bond donors (Lipinski definition) is 1. The first-order chi connectivity index (χ1) is 13.4. The number of halogens is 3. The fraction of sp³-hybridized carbons (Fsp3) is 0.158. The molecule has 9 heteroatoms. The minimum atomic E-state index is -3.09. The van der Waals surface area contributed by atoms with Crippen LogP contribution in [0, 0.1) is 5.82 Å². The number of anilines is 1. The molecule has 0 saturated carbocycles. The van der Waals surface area contributed by atoms with Gasteiger partial charge in [-0.15, -0.1) is 0 Å². The van der Waals surface area contributed by atoms with Crippen LogP contribution in [0.3, 0.4) is 0 Å². The molecule has 2 aromatic rings. The summed E-state index contributed by atoms with van der Waals surface area (Å²) < 4.78 is 52.7. The minimum absolute atomic E-state index is 0.0516. The Morgan fingerprint density at radius 3 is 2.57 bits per heavy atom. The van der Waals surface area contributed by atoms with E-state index in [0.29, 0.717) is 0 Å². The fourth-order valence-corrected chi connectivity index (χ4v) is 2.13. The molecule has 28 heavy (non-hydrogen) atoms. The molecule has 0 saturated heterocycles. The molecule has 2 aromatic carbocycles. The Labute approximate surface area is 158 Å². The van der Waals surface area contributed by atoms with Crippen molar-refractivity contribution in [3.05, 3.63) is 59.9 Å². The smallest absolute Gasteiger partial charge is 0.387 e. The van der Waals surface area contributed by atoms with E-state index in [2.05, 4.69) is 10.1 Å². The van der Waals surface area contributed by atoms with Crippen LogP contribution >= 0.6 is 0 Å². The zero-order valence-corrected chi connectivity index (χ0v) is 14.7. The van der Waals surface area contributed by atoms with E-state index in [0.717, 1.165) is 12.1 Å². The van der Waals surface area contributed by atoms with E-state index < -0.39 is 30.9 Å². The molecule has 0 aromatic heterocycles. The Kier molecular flexibility index (Phi) is 7.44. The van der Waals surface area contributed by atoms with Crippen LogP contribution in [-0.4, -0.2) is 32.2 Å². The van der Waals surface area contributed by atoms with Crippen LogP contribution in [0.1, 0.15) is 5.56 Å². The Bertz CT molecular complexity index is 870. The predicted octanol–water partition coefficient (Wildman–Crippen LogP) is 3.63. The number of amides is 1. The normalized spacial score (nSPS) is 10.8. The number of benzene rings is 2. The predicted molar refractivity (Wildman–Crippen MR) is 94.6 cm³/mol. The number of esters is 1. The van der Waals surface area contributed by atoms with Gasteiger partial charge in [-0.2, -0.15) is 8.78 Å². The average molecular weight is 395 g/mol. The highest BCUT2D eigenvalue weighted by atomic mass is 19.3. The number of nitrogens with one attached hydrogen (secondary N) is 1. The van der Waals surface area contributed by atoms with E-state index in [9.17, 15) is 22.8 Å². The molecule has 0 fully saturated rings. The number of carbonyl (C=O) groups excluding carboxylic acids is 2. The Balaban J connectivity index is 1.96. The Morgan fingerprint density at radius 1 is 1.14 bits per heavy atom. The highest BCUT2D eigenvalue weighted by Gasteiger charge is 2.14. The second-order valence-corrected chi connectivity index (χ2v) is 5.23. The topological polar surface area (TPSA) is 73.9 Å². The van der Waals surface area contributed by atoms with Gasteiger partial charge in [0.15, 0.2) is 18.1 Å². The van der Waals surface area contributed by atoms with Crippen molar-refractivity contribution in [1.29, 1.82) is 0 Å². The van der Waals surface area contributed by atoms with Crippen LogP contribution < -0.4 is 14.8 Å². The molecule has 0 radical (unpaired) electrons. The number of alkyl halides is 2. The molecule has 2 rings (SSSR count). The quantitative estimate of drug-likeness (QED) is 0.546. The molecule has 0 bridgehead atoms. The molecule has 0 aliphatic rings. The molecule has 0 aliphatic heterocycles. The first-order valence-electron chi connectivity index (χ1n) is 7.91. The third-order valence-corrected chi connectivity index (χ3v) is 3.33. The number of ether oxygens (including phenoxy) is 3. The van der Waals surface area contributed by atoms with Crippen LogP contribution in [-0.2, 0) is 14.3 Å². The first kappa shape index (κ1) is 20.8. The molecule has 1 N–H and O–H groups in total. The van der Waals surface area contributed by atoms with Gasteiger partial charge in [0.1, 0.15) is 5.82 Å². The van der Waals surface area contributed by atoms with Gasteiger partial charge in [0.05, 0.1) is 12.8 Å². The van der Waals surface area contributed by atoms with E-state index in [1.807, 2.05) is 0 Å². The van der Waals surface area contributed by atoms with Gasteiger partial charge in [-0.3, -0.25) is 4.79 Å². The van der Waals surface area contributed by atoms with Crippen LogP contribution in [0.15, 0.2) is 48.5 Å². The molecular formula is C19H16F3NO5. The summed E-state index contributed by atoms with van der Waals surface area (Å²) in [5.74, 6) is -2.47. The lowest BCUT2D eigenvalue weighted by Crippen LogP contribution is -2.20. The summed E-state index contributed by atoms with van der Waals surface area (Å²) in [7, 11) is 1.28. The number of para-hydroxylation sites is 2. The largest absolute Gasteiger partial charge is 0.493 e. The molecule has 148 valence electrons. The zero-order valence-electron chi connectivity index (χ0n) is 14.7. The average Bonchev–Trinajstić information content (AvgIpc) is 2.67. The number of rotatable bonds is 8. The van der Waals surface area contributed by atoms with Gasteiger partial charge >= 0.3 is 12.6 Å². The lowest BCUT2D eigenvalue weighted by atomic mass is 10.1. The number of carbonyl (C=O) groups is 2. The Morgan fingerprint density at radius 2 is 1.89 bits per heavy atom. The van der Waals surface area contributed by atoms with Crippen molar-refractivity contribution in [2.75, 3.05) is 19.0 Å². The molecule has 6 nitrogen and oxygen atoms in total. The van der Waals surface area contributed by atoms with Crippen LogP contribution in [0.4, 0.5) is 18.9 Å². The zero-order chi connectivity index (χ0) is 20.5. The van der Waals surface area contributed by atoms with Crippen LogP contribution in [0.2, 0.25) is 0 Å². The van der Waals surface area contributed by atoms with Gasteiger partial charge in [-0.05, 0) is 24.3 Å². The van der Waals surface area contributed by atoms with Crippen LogP contribution in [0.5, 0.6) is 11.5 Å². The van der Waals surface area contributed by atoms with Crippen molar-refractivity contribution in [3.63, 3.8) is 0 Å². The molecule has 1 amide bonds. The van der Waals surface area contributed by atoms with E-state index >= 15 is 0 Å². The van der Waals surface area contributed by atoms with Gasteiger partial charge in [-0.1, -0.05) is 24.3 Å². The second kappa shape index (κ2) is 10.0. The van der Waals surface area contributed by atoms with Crippen molar-refractivity contribution < 1.29 is 37.0 Å². The lowest BCUT2D eigenvalue weighted by molar-refractivity contribution is -0.142. The van der Waals surface area contributed by atoms with Crippen molar-refractivity contribution in [2.24, 2.45) is 0 Å². The Hall–Kier alpha value is -3.49. The molecular weight excluding hydrogens is 379 g/mol. The fourth-order valence-electron chi connectivity index (χ4n) is 2.13. The van der Waals surface area contributed by atoms with E-state index in [1.54, 1.807) is 0 Å². The summed E-state index contributed by atoms with van der Waals surface area (Å²) in [6.07, 6.45) is 2.11. The maximum Gasteiger partial charge on any atom is 0.387 e. The SMILES string of the molecule is COc1cccc(/C=C/C(=O)OCC(=O)Nc2ccccc2F)c1OC(F)F. The van der Waals surface area contributed by atoms with E-state index in [1.165, 1.54) is 49.6 Å². The van der Waals surface area contributed by atoms with Crippen molar-refractivity contribution in [1.82, 2.24) is 0 Å². The molecule has 0 spiro atoms. The standard InChI is InChI=1S/C19H16F3NO5/c1-26-15-8-4-5-12(18(15)28-19(21)22)9-10-17(25)27-11-16(24)23-14-7-3-2-6-13(14)20/h2-10,19H,11H2,1H3,(H,23,24)/b10-9+. The van der Waals surface area contributed by atoms with Gasteiger partial charge < -0.3 is 19.5 Å². The van der Waals surface area contributed by atoms with Crippen molar-refractivity contribution in [2.45, 2.75) is 6.61 Å². The van der Waals surface area contributed by atoms with E-state index in [-0.39, 0.29) is 22.7 Å². The number of hydrogen-bond acceptors (Lipinski definition) is 5. The maximum atomic E-state index is 13.4. The molecule has 0 aliphatic carbocycles. The highest BCUT2D eigenvalue weighted by molar-refractivity contribution is 5.94. The van der Waals surface area contributed by atoms with Gasteiger partial charge in [0, 0.05) is 11.6 Å². The monoisotopic (exact) mass is 395 g/mol. The molecule has 0 heterocycles. The first-order valence-corrected chi connectivity index (χ1v) is 7.91. The molecule has 0 unspecified atom stereocenters. The maximum absolute atomic E-state index is 13.4. The van der Waals surface area contributed by atoms with Crippen LogP contribution in [0.25, 0.3) is 6.08 Å². The van der Waals surface area contributed by atoms with Gasteiger partial charge in [0.2, 0.25) is 0 Å². The lowest BCUT2D eigenvalue weighted by Gasteiger charge is -2.12. The van der Waals surface area contributed by atoms with Gasteiger partial charge in [0.25, 0.3) is 5.91 Å².